The van der Waals surface area contributed by atoms with Gasteiger partial charge in [-0.3, -0.25) is 4.79 Å². The third kappa shape index (κ3) is 3.12. The van der Waals surface area contributed by atoms with E-state index in [1.807, 2.05) is 12.1 Å². The van der Waals surface area contributed by atoms with Gasteiger partial charge in [0.15, 0.2) is 5.78 Å². The summed E-state index contributed by atoms with van der Waals surface area (Å²) in [4.78, 5) is 15.5. The molecule has 0 radical (unpaired) electrons. The highest BCUT2D eigenvalue weighted by Gasteiger charge is 2.37. The van der Waals surface area contributed by atoms with E-state index in [0.717, 1.165) is 30.6 Å². The molecule has 2 atom stereocenters. The number of carbonyl (C=O) groups excluding carboxylic acids is 1. The topological polar surface area (TPSA) is 20.3 Å². The lowest BCUT2D eigenvalue weighted by Gasteiger charge is -2.40. The minimum absolute atomic E-state index is 0.0930. The molecule has 0 fully saturated rings. The number of hydrogen-bond acceptors (Lipinski definition) is 2. The molecule has 2 bridgehead atoms. The first-order valence-corrected chi connectivity index (χ1v) is 12.1. The number of anilines is 1. The highest BCUT2D eigenvalue weighted by Crippen LogP contribution is 2.52. The smallest absolute Gasteiger partial charge is 0.185 e. The third-order valence-electron chi connectivity index (χ3n) is 7.74. The van der Waals surface area contributed by atoms with E-state index >= 15 is 0 Å². The van der Waals surface area contributed by atoms with Gasteiger partial charge in [-0.2, -0.15) is 0 Å². The second-order valence-electron chi connectivity index (χ2n) is 9.42. The predicted octanol–water partition coefficient (Wildman–Crippen LogP) is 6.73. The van der Waals surface area contributed by atoms with Crippen LogP contribution in [0.3, 0.4) is 0 Å². The van der Waals surface area contributed by atoms with Gasteiger partial charge in [0.25, 0.3) is 0 Å². The van der Waals surface area contributed by atoms with Gasteiger partial charge in [-0.1, -0.05) is 48.5 Å². The number of rotatable bonds is 4. The first-order valence-electron chi connectivity index (χ1n) is 12.1. The van der Waals surface area contributed by atoms with Gasteiger partial charge in [0.1, 0.15) is 0 Å². The molecule has 0 saturated heterocycles. The molecule has 1 aliphatic heterocycles. The molecule has 0 spiro atoms. The van der Waals surface area contributed by atoms with Gasteiger partial charge in [-0.05, 0) is 90.3 Å². The summed E-state index contributed by atoms with van der Waals surface area (Å²) in [6.07, 6.45) is 8.46. The average molecular weight is 420 g/mol. The molecule has 3 aliphatic carbocycles. The van der Waals surface area contributed by atoms with Gasteiger partial charge in [0.05, 0.1) is 0 Å². The molecule has 4 aliphatic rings. The number of aryl methyl sites for hydroxylation is 1. The van der Waals surface area contributed by atoms with Crippen molar-refractivity contribution in [3.05, 3.63) is 106 Å². The van der Waals surface area contributed by atoms with E-state index in [1.165, 1.54) is 52.8 Å². The monoisotopic (exact) mass is 419 g/mol. The van der Waals surface area contributed by atoms with Crippen molar-refractivity contribution in [3.63, 3.8) is 0 Å². The maximum atomic E-state index is 13.0. The van der Waals surface area contributed by atoms with Crippen LogP contribution in [0.2, 0.25) is 0 Å². The molecule has 1 heterocycles. The lowest BCUT2D eigenvalue weighted by molar-refractivity contribution is 0.104. The maximum absolute atomic E-state index is 13.0. The molecule has 2 heteroatoms. The van der Waals surface area contributed by atoms with Gasteiger partial charge in [0.2, 0.25) is 0 Å². The molecular weight excluding hydrogens is 390 g/mol. The molecule has 3 aromatic carbocycles. The lowest BCUT2D eigenvalue weighted by Crippen LogP contribution is -2.28. The summed E-state index contributed by atoms with van der Waals surface area (Å²) in [7, 11) is 0. The van der Waals surface area contributed by atoms with Crippen molar-refractivity contribution in [3.8, 4) is 0 Å². The summed E-state index contributed by atoms with van der Waals surface area (Å²) in [5, 5.41) is 0. The van der Waals surface area contributed by atoms with Crippen molar-refractivity contribution in [2.75, 3.05) is 18.0 Å². The van der Waals surface area contributed by atoms with E-state index in [-0.39, 0.29) is 5.78 Å². The molecule has 0 N–H and O–H groups in total. The van der Waals surface area contributed by atoms with Crippen LogP contribution < -0.4 is 4.90 Å². The third-order valence-corrected chi connectivity index (χ3v) is 7.74. The van der Waals surface area contributed by atoms with Gasteiger partial charge in [-0.15, -0.1) is 0 Å². The number of benzene rings is 3. The van der Waals surface area contributed by atoms with Crippen LogP contribution in [0.1, 0.15) is 81.8 Å². The number of carbonyl (C=O) groups is 1. The number of nitrogens with zero attached hydrogens (tertiary/aromatic N) is 1. The van der Waals surface area contributed by atoms with E-state index in [1.54, 1.807) is 6.08 Å². The minimum Gasteiger partial charge on any atom is -0.372 e. The first-order chi connectivity index (χ1) is 15.7. The molecule has 2 unspecified atom stereocenters. The Morgan fingerprint density at radius 2 is 1.69 bits per heavy atom. The van der Waals surface area contributed by atoms with Gasteiger partial charge in [-0.25, -0.2) is 0 Å². The second-order valence-corrected chi connectivity index (χ2v) is 9.42. The molecule has 32 heavy (non-hydrogen) atoms. The van der Waals surface area contributed by atoms with Crippen LogP contribution in [-0.2, 0) is 6.42 Å². The fourth-order valence-corrected chi connectivity index (χ4v) is 6.18. The Hall–Kier alpha value is -3.13. The van der Waals surface area contributed by atoms with Crippen LogP contribution in [0.5, 0.6) is 0 Å². The second kappa shape index (κ2) is 7.78. The van der Waals surface area contributed by atoms with Crippen LogP contribution in [0.25, 0.3) is 6.08 Å². The fourth-order valence-electron chi connectivity index (χ4n) is 6.18. The van der Waals surface area contributed by atoms with E-state index in [4.69, 9.17) is 0 Å². The molecule has 3 aromatic rings. The van der Waals surface area contributed by atoms with E-state index < -0.39 is 0 Å². The molecular formula is C30H29NO. The van der Waals surface area contributed by atoms with Gasteiger partial charge < -0.3 is 4.90 Å². The van der Waals surface area contributed by atoms with Gasteiger partial charge >= 0.3 is 0 Å². The summed E-state index contributed by atoms with van der Waals surface area (Å²) in [6, 6.07) is 21.9. The zero-order chi connectivity index (χ0) is 21.7. The molecule has 0 aromatic heterocycles. The van der Waals surface area contributed by atoms with Crippen molar-refractivity contribution in [1.29, 1.82) is 0 Å². The average Bonchev–Trinajstić information content (AvgIpc) is 2.86. The summed E-state index contributed by atoms with van der Waals surface area (Å²) < 4.78 is 0. The first kappa shape index (κ1) is 19.5. The molecule has 0 amide bonds. The van der Waals surface area contributed by atoms with E-state index in [0.29, 0.717) is 11.8 Å². The van der Waals surface area contributed by atoms with Gasteiger partial charge in [0, 0.05) is 36.2 Å². The standard InChI is InChI=1S/C30H29NO/c1-2-31-17-5-6-21-18-20(9-15-29(21)31)10-16-30(32)22-11-12-26-25-13-14-27(28(26)19-22)24-8-4-3-7-23(24)25/h3-4,7-12,15-16,18-19,25,27H,2,5-6,13-14,17H2,1H3. The van der Waals surface area contributed by atoms with Crippen molar-refractivity contribution in [2.24, 2.45) is 0 Å². The summed E-state index contributed by atoms with van der Waals surface area (Å²) in [5.74, 6) is 1.02. The molecule has 160 valence electrons. The number of ketones is 1. The number of hydrogen-bond donors (Lipinski definition) is 0. The summed E-state index contributed by atoms with van der Waals surface area (Å²) in [6.45, 7) is 4.40. The summed E-state index contributed by atoms with van der Waals surface area (Å²) >= 11 is 0. The zero-order valence-corrected chi connectivity index (χ0v) is 18.7. The van der Waals surface area contributed by atoms with Crippen molar-refractivity contribution < 1.29 is 4.79 Å². The van der Waals surface area contributed by atoms with Crippen LogP contribution in [0, 0.1) is 0 Å². The van der Waals surface area contributed by atoms with Crippen molar-refractivity contribution in [1.82, 2.24) is 0 Å². The highest BCUT2D eigenvalue weighted by molar-refractivity contribution is 6.07. The van der Waals surface area contributed by atoms with Crippen molar-refractivity contribution >= 4 is 17.5 Å². The van der Waals surface area contributed by atoms with Crippen LogP contribution in [0.15, 0.2) is 66.7 Å². The Kier molecular flexibility index (Phi) is 4.75. The summed E-state index contributed by atoms with van der Waals surface area (Å²) in [5.41, 5.74) is 10.4. The number of allylic oxidation sites excluding steroid dienone is 1. The maximum Gasteiger partial charge on any atom is 0.185 e. The lowest BCUT2D eigenvalue weighted by atomic mass is 9.63. The Balaban J connectivity index is 1.26. The molecule has 2 nitrogen and oxygen atoms in total. The number of fused-ring (bicyclic) bond motifs is 2. The zero-order valence-electron chi connectivity index (χ0n) is 18.7. The Morgan fingerprint density at radius 1 is 0.938 bits per heavy atom. The Bertz CT molecular complexity index is 1240. The molecule has 0 saturated carbocycles. The predicted molar refractivity (Wildman–Crippen MR) is 132 cm³/mol. The van der Waals surface area contributed by atoms with E-state index in [9.17, 15) is 4.79 Å². The minimum atomic E-state index is 0.0930. The normalized spacial score (nSPS) is 20.7. The van der Waals surface area contributed by atoms with Crippen LogP contribution in [-0.4, -0.2) is 18.9 Å². The van der Waals surface area contributed by atoms with Crippen LogP contribution in [0.4, 0.5) is 5.69 Å². The molecule has 7 rings (SSSR count). The van der Waals surface area contributed by atoms with Crippen molar-refractivity contribution in [2.45, 2.75) is 44.4 Å². The largest absolute Gasteiger partial charge is 0.372 e. The quantitative estimate of drug-likeness (QED) is 0.345. The Labute approximate surface area is 190 Å². The SMILES string of the molecule is CCN1CCCc2cc(C=CC(=O)c3ccc4c(c3)C3CCC4c4ccccc43)ccc21. The van der Waals surface area contributed by atoms with Crippen LogP contribution >= 0.6 is 0 Å². The van der Waals surface area contributed by atoms with E-state index in [2.05, 4.69) is 66.4 Å². The highest BCUT2D eigenvalue weighted by atomic mass is 16.1. The fraction of sp³-hybridized carbons (Fsp3) is 0.300. The Morgan fingerprint density at radius 3 is 2.47 bits per heavy atom.